The third-order valence-corrected chi connectivity index (χ3v) is 1.93. The van der Waals surface area contributed by atoms with Crippen LogP contribution in [0.5, 0.6) is 0 Å². The molecule has 6 nitrogen and oxygen atoms in total. The van der Waals surface area contributed by atoms with Gasteiger partial charge in [0.15, 0.2) is 0 Å². The number of hydrogen-bond donors (Lipinski definition) is 2. The number of aliphatic hydroxyl groups excluding tert-OH is 2. The first-order valence-corrected chi connectivity index (χ1v) is 4.38. The van der Waals surface area contributed by atoms with Crippen LogP contribution >= 0.6 is 0 Å². The molecule has 0 aromatic carbocycles. The van der Waals surface area contributed by atoms with Crippen LogP contribution in [0.15, 0.2) is 0 Å². The van der Waals surface area contributed by atoms with Crippen LogP contribution in [0.4, 0.5) is 0 Å². The molecule has 15 heavy (non-hydrogen) atoms. The van der Waals surface area contributed by atoms with E-state index in [-0.39, 0.29) is 13.0 Å². The number of hydrogen-bond acceptors (Lipinski definition) is 6. The fourth-order valence-corrected chi connectivity index (χ4v) is 1.15. The second-order valence-electron chi connectivity index (χ2n) is 2.80. The SMILES string of the molecule is N#CCCN(C(C#N)CO)C(C#N)CO. The first kappa shape index (κ1) is 13.4. The summed E-state index contributed by atoms with van der Waals surface area (Å²) in [4.78, 5) is 1.32. The normalized spacial score (nSPS) is 13.6. The number of nitrogens with zero attached hydrogens (tertiary/aromatic N) is 4. The molecule has 0 aromatic heterocycles. The molecule has 0 aromatic rings. The summed E-state index contributed by atoms with van der Waals surface area (Å²) in [5, 5.41) is 43.6. The van der Waals surface area contributed by atoms with E-state index >= 15 is 0 Å². The first-order chi connectivity index (χ1) is 7.24. The molecule has 6 heteroatoms. The highest BCUT2D eigenvalue weighted by molar-refractivity contribution is 5.01. The average Bonchev–Trinajstić information content (AvgIpc) is 2.28. The Morgan fingerprint density at radius 2 is 1.47 bits per heavy atom. The van der Waals surface area contributed by atoms with E-state index in [1.807, 2.05) is 18.2 Å². The second-order valence-corrected chi connectivity index (χ2v) is 2.80. The molecule has 2 N–H and O–H groups in total. The van der Waals surface area contributed by atoms with Gasteiger partial charge in [0.05, 0.1) is 31.4 Å². The van der Waals surface area contributed by atoms with E-state index in [1.54, 1.807) is 0 Å². The van der Waals surface area contributed by atoms with E-state index < -0.39 is 25.3 Å². The van der Waals surface area contributed by atoms with Gasteiger partial charge in [-0.1, -0.05) is 0 Å². The summed E-state index contributed by atoms with van der Waals surface area (Å²) in [7, 11) is 0. The Morgan fingerprint density at radius 3 is 1.73 bits per heavy atom. The lowest BCUT2D eigenvalue weighted by atomic mass is 10.2. The maximum absolute atomic E-state index is 8.90. The van der Waals surface area contributed by atoms with Gasteiger partial charge in [0.2, 0.25) is 0 Å². The molecule has 0 fully saturated rings. The molecule has 0 saturated heterocycles. The molecule has 0 spiro atoms. The molecule has 0 aliphatic carbocycles. The Labute approximate surface area is 88.2 Å². The summed E-state index contributed by atoms with van der Waals surface area (Å²) >= 11 is 0. The minimum Gasteiger partial charge on any atom is -0.394 e. The molecule has 0 aliphatic rings. The van der Waals surface area contributed by atoms with Crippen molar-refractivity contribution in [1.82, 2.24) is 4.90 Å². The van der Waals surface area contributed by atoms with Crippen molar-refractivity contribution in [3.63, 3.8) is 0 Å². The van der Waals surface area contributed by atoms with Crippen molar-refractivity contribution in [2.75, 3.05) is 19.8 Å². The molecule has 0 bridgehead atoms. The van der Waals surface area contributed by atoms with Crippen molar-refractivity contribution < 1.29 is 10.2 Å². The van der Waals surface area contributed by atoms with Gasteiger partial charge in [-0.25, -0.2) is 0 Å². The zero-order valence-electron chi connectivity index (χ0n) is 8.17. The van der Waals surface area contributed by atoms with E-state index in [4.69, 9.17) is 26.0 Å². The summed E-state index contributed by atoms with van der Waals surface area (Å²) in [6.07, 6.45) is 0.135. The molecular weight excluding hydrogens is 196 g/mol. The van der Waals surface area contributed by atoms with Gasteiger partial charge in [0.25, 0.3) is 0 Å². The summed E-state index contributed by atoms with van der Waals surface area (Å²) in [6.45, 7) is -0.686. The first-order valence-electron chi connectivity index (χ1n) is 4.38. The van der Waals surface area contributed by atoms with Crippen molar-refractivity contribution in [1.29, 1.82) is 15.8 Å². The van der Waals surface area contributed by atoms with Crippen molar-refractivity contribution >= 4 is 0 Å². The van der Waals surface area contributed by atoms with Crippen molar-refractivity contribution in [3.05, 3.63) is 0 Å². The highest BCUT2D eigenvalue weighted by atomic mass is 16.3. The topological polar surface area (TPSA) is 115 Å². The number of nitriles is 3. The van der Waals surface area contributed by atoms with Gasteiger partial charge in [-0.3, -0.25) is 4.90 Å². The predicted molar refractivity (Wildman–Crippen MR) is 49.9 cm³/mol. The molecule has 0 amide bonds. The van der Waals surface area contributed by atoms with Crippen LogP contribution in [-0.2, 0) is 0 Å². The second kappa shape index (κ2) is 7.73. The maximum Gasteiger partial charge on any atom is 0.122 e. The van der Waals surface area contributed by atoms with Gasteiger partial charge >= 0.3 is 0 Å². The molecule has 0 heterocycles. The molecule has 2 atom stereocenters. The molecule has 2 unspecified atom stereocenters. The van der Waals surface area contributed by atoms with Crippen molar-refractivity contribution in [2.45, 2.75) is 18.5 Å². The molecule has 0 saturated carbocycles. The van der Waals surface area contributed by atoms with Crippen LogP contribution in [0.2, 0.25) is 0 Å². The fourth-order valence-electron chi connectivity index (χ4n) is 1.15. The fraction of sp³-hybridized carbons (Fsp3) is 0.667. The van der Waals surface area contributed by atoms with Crippen LogP contribution in [0.25, 0.3) is 0 Å². The standard InChI is InChI=1S/C9H12N4O2/c10-2-1-3-13(8(4-11)6-14)9(5-12)7-15/h8-9,14-15H,1,3,6-7H2. The highest BCUT2D eigenvalue weighted by Crippen LogP contribution is 2.05. The van der Waals surface area contributed by atoms with Gasteiger partial charge in [-0.2, -0.15) is 15.8 Å². The molecule has 80 valence electrons. The summed E-state index contributed by atoms with van der Waals surface area (Å²) in [5.41, 5.74) is 0. The van der Waals surface area contributed by atoms with E-state index in [9.17, 15) is 0 Å². The molecule has 0 aliphatic heterocycles. The molecule has 0 radical (unpaired) electrons. The van der Waals surface area contributed by atoms with Gasteiger partial charge < -0.3 is 10.2 Å². The smallest absolute Gasteiger partial charge is 0.122 e. The average molecular weight is 208 g/mol. The molecule has 0 rings (SSSR count). The van der Waals surface area contributed by atoms with Gasteiger partial charge in [-0.15, -0.1) is 0 Å². The third kappa shape index (κ3) is 3.93. The van der Waals surface area contributed by atoms with Gasteiger partial charge in [0.1, 0.15) is 12.1 Å². The van der Waals surface area contributed by atoms with Crippen LogP contribution in [0.3, 0.4) is 0 Å². The summed E-state index contributed by atoms with van der Waals surface area (Å²) in [5.74, 6) is 0. The monoisotopic (exact) mass is 208 g/mol. The van der Waals surface area contributed by atoms with Crippen LogP contribution in [0.1, 0.15) is 6.42 Å². The molecular formula is C9H12N4O2. The predicted octanol–water partition coefficient (Wildman–Crippen LogP) is -1.03. The van der Waals surface area contributed by atoms with E-state index in [2.05, 4.69) is 0 Å². The van der Waals surface area contributed by atoms with Crippen molar-refractivity contribution in [2.24, 2.45) is 0 Å². The van der Waals surface area contributed by atoms with Crippen LogP contribution in [0, 0.1) is 34.0 Å². The Morgan fingerprint density at radius 1 is 1.00 bits per heavy atom. The zero-order valence-corrected chi connectivity index (χ0v) is 8.17. The van der Waals surface area contributed by atoms with Gasteiger partial charge in [-0.05, 0) is 0 Å². The Balaban J connectivity index is 4.65. The Hall–Kier alpha value is -1.65. The van der Waals surface area contributed by atoms with Crippen molar-refractivity contribution in [3.8, 4) is 18.2 Å². The Kier molecular flexibility index (Phi) is 6.88. The lowest BCUT2D eigenvalue weighted by molar-refractivity contribution is 0.102. The number of aliphatic hydroxyl groups is 2. The maximum atomic E-state index is 8.90. The number of rotatable bonds is 6. The lowest BCUT2D eigenvalue weighted by Crippen LogP contribution is -2.46. The minimum absolute atomic E-state index is 0.135. The largest absolute Gasteiger partial charge is 0.394 e. The van der Waals surface area contributed by atoms with Crippen LogP contribution < -0.4 is 0 Å². The van der Waals surface area contributed by atoms with E-state index in [1.165, 1.54) is 4.90 Å². The van der Waals surface area contributed by atoms with E-state index in [0.29, 0.717) is 0 Å². The van der Waals surface area contributed by atoms with Gasteiger partial charge in [0, 0.05) is 13.0 Å². The van der Waals surface area contributed by atoms with E-state index in [0.717, 1.165) is 0 Å². The lowest BCUT2D eigenvalue weighted by Gasteiger charge is -2.27. The summed E-state index contributed by atoms with van der Waals surface area (Å²) < 4.78 is 0. The minimum atomic E-state index is -0.866. The zero-order chi connectivity index (χ0) is 11.7. The van der Waals surface area contributed by atoms with Crippen LogP contribution in [-0.4, -0.2) is 47.0 Å². The quantitative estimate of drug-likeness (QED) is 0.576. The third-order valence-electron chi connectivity index (χ3n) is 1.93. The highest BCUT2D eigenvalue weighted by Gasteiger charge is 2.24. The summed E-state index contributed by atoms with van der Waals surface area (Å²) in [6, 6.07) is 3.78. The Bertz CT molecular complexity index is 277.